The van der Waals surface area contributed by atoms with E-state index in [1.807, 2.05) is 54.4 Å². The van der Waals surface area contributed by atoms with Gasteiger partial charge in [0.15, 0.2) is 0 Å². The average molecular weight is 838 g/mol. The van der Waals surface area contributed by atoms with Crippen molar-refractivity contribution in [3.63, 3.8) is 0 Å². The van der Waals surface area contributed by atoms with Crippen LogP contribution >= 0.6 is 11.3 Å². The number of aliphatic hydroxyl groups is 2. The molecule has 0 amide bonds. The van der Waals surface area contributed by atoms with E-state index in [1.54, 1.807) is 0 Å². The number of hydrogen-bond acceptors (Lipinski definition) is 10. The zero-order valence-electron chi connectivity index (χ0n) is 36.4. The molecule has 3 aliphatic heterocycles. The standard InChI is InChI=1S/C46H64N10O3S/c1-7-33-25-45(23-30(2)24-46(26-33,28-45)59-22-19-53-17-20-56(5,6)21-18-53)29-55-32(4)36(27-49-55)35-14-15-39(51-40(35)43(57)58)54-16-10-11-34(42(54)48)31(3)41(47)52-44-50-37-12-8-9-13-38(37)60-44/h8-9,12-15,27,30,33H,7,10-11,16-26,28-29H2,1-6H3,(H5-,47,48,50,51,52,57,58)/p+1. The third kappa shape index (κ3) is 8.66. The van der Waals surface area contributed by atoms with Crippen molar-refractivity contribution in [1.82, 2.24) is 29.9 Å². The number of piperazine rings is 1. The van der Waals surface area contributed by atoms with E-state index in [0.29, 0.717) is 53.0 Å². The van der Waals surface area contributed by atoms with E-state index in [-0.39, 0.29) is 16.7 Å². The third-order valence-electron chi connectivity index (χ3n) is 14.0. The summed E-state index contributed by atoms with van der Waals surface area (Å²) in [6, 6.07) is 7.90. The molecular formula is C46H65N10O3S+. The minimum atomic E-state index is -0.811. The van der Waals surface area contributed by atoms with Gasteiger partial charge < -0.3 is 35.4 Å². The Morgan fingerprint density at radius 2 is 1.90 bits per heavy atom. The number of hydrogen-bond donors (Lipinski definition) is 5. The lowest BCUT2D eigenvalue weighted by atomic mass is 9.54. The molecule has 14 heteroatoms. The van der Waals surface area contributed by atoms with Gasteiger partial charge >= 0.3 is 0 Å². The number of thiazole rings is 1. The highest BCUT2D eigenvalue weighted by Crippen LogP contribution is 2.57. The number of likely N-dealkylation sites (tertiary alicyclic amines) is 1. The van der Waals surface area contributed by atoms with Crippen molar-refractivity contribution in [3.05, 3.63) is 82.5 Å². The summed E-state index contributed by atoms with van der Waals surface area (Å²) in [6.45, 7) is 16.5. The lowest BCUT2D eigenvalue weighted by Crippen LogP contribution is -2.56. The predicted molar refractivity (Wildman–Crippen MR) is 241 cm³/mol. The Labute approximate surface area is 359 Å². The van der Waals surface area contributed by atoms with Gasteiger partial charge in [-0.25, -0.2) is 9.98 Å². The lowest BCUT2D eigenvalue weighted by Gasteiger charge is -2.56. The maximum atomic E-state index is 10.7. The van der Waals surface area contributed by atoms with Crippen LogP contribution in [0.1, 0.15) is 83.4 Å². The maximum Gasteiger partial charge on any atom is 0.299 e. The molecular weight excluding hydrogens is 773 g/mol. The van der Waals surface area contributed by atoms with E-state index in [4.69, 9.17) is 15.6 Å². The molecule has 13 nitrogen and oxygen atoms in total. The first-order chi connectivity index (χ1) is 28.7. The molecule has 60 heavy (non-hydrogen) atoms. The number of ether oxygens (including phenoxy) is 1. The van der Waals surface area contributed by atoms with Crippen molar-refractivity contribution in [2.24, 2.45) is 28.0 Å². The Morgan fingerprint density at radius 1 is 1.12 bits per heavy atom. The molecule has 2 saturated heterocycles. The van der Waals surface area contributed by atoms with Crippen molar-refractivity contribution in [2.75, 3.05) is 60.0 Å². The summed E-state index contributed by atoms with van der Waals surface area (Å²) in [4.78, 5) is 13.7. The zero-order valence-corrected chi connectivity index (χ0v) is 37.2. The van der Waals surface area contributed by atoms with Crippen molar-refractivity contribution in [1.29, 1.82) is 5.41 Å². The number of nitrogens with one attached hydrogen (secondary N) is 2. The molecule has 2 aliphatic carbocycles. The molecule has 0 spiro atoms. The highest BCUT2D eigenvalue weighted by molar-refractivity contribution is 7.22. The number of aliphatic imine (C=N–C) groups is 1. The van der Waals surface area contributed by atoms with E-state index in [1.165, 1.54) is 30.8 Å². The van der Waals surface area contributed by atoms with E-state index < -0.39 is 5.95 Å². The number of piperidine rings is 1. The molecule has 8 rings (SSSR count). The summed E-state index contributed by atoms with van der Waals surface area (Å²) in [6.07, 6.45) is 13.9. The zero-order chi connectivity index (χ0) is 42.4. The second-order valence-electron chi connectivity index (χ2n) is 19.1. The minimum Gasteiger partial charge on any atom is -0.480 e. The number of para-hydroxylation sites is 1. The van der Waals surface area contributed by atoms with Crippen LogP contribution in [0.3, 0.4) is 0 Å². The Kier molecular flexibility index (Phi) is 11.8. The number of likely N-dealkylation sites (N-methyl/N-ethyl adjacent to an activating group) is 1. The van der Waals surface area contributed by atoms with Crippen LogP contribution in [0, 0.1) is 29.6 Å². The number of aromatic nitrogens is 3. The molecule has 3 aromatic rings. The van der Waals surface area contributed by atoms with Gasteiger partial charge in [0.1, 0.15) is 23.2 Å². The first-order valence-electron chi connectivity index (χ1n) is 21.9. The van der Waals surface area contributed by atoms with Gasteiger partial charge in [0, 0.05) is 55.1 Å². The second kappa shape index (κ2) is 16.8. The van der Waals surface area contributed by atoms with Gasteiger partial charge in [-0.05, 0) is 106 Å². The third-order valence-corrected chi connectivity index (χ3v) is 15.0. The highest BCUT2D eigenvalue weighted by Gasteiger charge is 2.53. The lowest BCUT2D eigenvalue weighted by molar-refractivity contribution is -0.894. The molecule has 4 fully saturated rings. The van der Waals surface area contributed by atoms with Gasteiger partial charge in [-0.3, -0.25) is 15.0 Å². The molecule has 4 unspecified atom stereocenters. The minimum absolute atomic E-state index is 0.0712. The number of benzene rings is 1. The fraction of sp³-hybridized carbons (Fsp3) is 0.565. The molecule has 0 radical (unpaired) electrons. The summed E-state index contributed by atoms with van der Waals surface area (Å²) >= 11 is 1.48. The smallest absolute Gasteiger partial charge is 0.299 e. The number of fused-ring (bicyclic) bond motifs is 3. The second-order valence-corrected chi connectivity index (χ2v) is 20.1. The number of nitrogens with two attached hydrogens (primary N) is 1. The van der Waals surface area contributed by atoms with Gasteiger partial charge in [-0.15, -0.1) is 0 Å². The SMILES string of the molecule is CCC1CC2(Cn3ncc(C4=CC=C(N5CCC/C(=C(C)/C(N)=N\c6nc7ccccc7s6)C5=N)NC4=C(O)O)c3C)CC(C)CC(OCCN3CC[N+](C)(C)CC3)(C1)C2. The number of aliphatic hydroxyl groups excluding tert-OH is 1. The van der Waals surface area contributed by atoms with Crippen LogP contribution in [0.15, 0.2) is 76.2 Å². The Hall–Kier alpha value is -4.50. The van der Waals surface area contributed by atoms with Crippen LogP contribution in [0.4, 0.5) is 5.13 Å². The van der Waals surface area contributed by atoms with Crippen LogP contribution < -0.4 is 11.1 Å². The Bertz CT molecular complexity index is 2240. The number of amidine groups is 2. The van der Waals surface area contributed by atoms with Crippen molar-refractivity contribution in [3.8, 4) is 0 Å². The first-order valence-corrected chi connectivity index (χ1v) is 22.8. The number of allylic oxidation sites excluding steroid dienone is 3. The number of dihydropyridines is 1. The quantitative estimate of drug-likeness (QED) is 0.0563. The summed E-state index contributed by atoms with van der Waals surface area (Å²) in [5.74, 6) is 1.57. The van der Waals surface area contributed by atoms with E-state index in [9.17, 15) is 15.6 Å². The molecule has 6 N–H and O–H groups in total. The Morgan fingerprint density at radius 3 is 2.65 bits per heavy atom. The molecule has 2 saturated carbocycles. The number of rotatable bonds is 11. The van der Waals surface area contributed by atoms with Crippen molar-refractivity contribution in [2.45, 2.75) is 91.2 Å². The van der Waals surface area contributed by atoms with Crippen LogP contribution in [-0.2, 0) is 11.3 Å². The largest absolute Gasteiger partial charge is 0.480 e. The molecule has 5 heterocycles. The maximum absolute atomic E-state index is 10.7. The van der Waals surface area contributed by atoms with E-state index in [0.717, 1.165) is 108 Å². The average Bonchev–Trinajstić information content (AvgIpc) is 3.79. The van der Waals surface area contributed by atoms with Gasteiger partial charge in [-0.2, -0.15) is 5.10 Å². The molecule has 4 atom stereocenters. The monoisotopic (exact) mass is 837 g/mol. The van der Waals surface area contributed by atoms with Gasteiger partial charge in [0.2, 0.25) is 5.13 Å². The first kappa shape index (κ1) is 42.2. The van der Waals surface area contributed by atoms with Crippen molar-refractivity contribution < 1.29 is 19.4 Å². The molecule has 2 bridgehead atoms. The summed E-state index contributed by atoms with van der Waals surface area (Å²) < 4.78 is 11.4. The van der Waals surface area contributed by atoms with E-state index >= 15 is 0 Å². The van der Waals surface area contributed by atoms with Crippen LogP contribution in [0.25, 0.3) is 15.8 Å². The highest BCUT2D eigenvalue weighted by atomic mass is 32.1. The van der Waals surface area contributed by atoms with Gasteiger partial charge in [0.25, 0.3) is 5.95 Å². The predicted octanol–water partition coefficient (Wildman–Crippen LogP) is 7.77. The fourth-order valence-corrected chi connectivity index (χ4v) is 11.8. The summed E-state index contributed by atoms with van der Waals surface area (Å²) in [5, 5.41) is 39.5. The van der Waals surface area contributed by atoms with Crippen LogP contribution in [-0.4, -0.2) is 117 Å². The molecule has 2 aromatic heterocycles. The van der Waals surface area contributed by atoms with Crippen LogP contribution in [0.5, 0.6) is 0 Å². The number of nitrogens with zero attached hydrogens (tertiary/aromatic N) is 7. The summed E-state index contributed by atoms with van der Waals surface area (Å²) in [7, 11) is 4.66. The molecule has 322 valence electrons. The molecule has 1 aromatic carbocycles. The summed E-state index contributed by atoms with van der Waals surface area (Å²) in [5.41, 5.74) is 11.6. The molecule has 5 aliphatic rings. The normalized spacial score (nSPS) is 28.4. The van der Waals surface area contributed by atoms with Gasteiger partial charge in [0.05, 0.1) is 55.8 Å². The topological polar surface area (TPSA) is 161 Å². The van der Waals surface area contributed by atoms with Gasteiger partial charge in [-0.1, -0.05) is 43.7 Å². The Balaban J connectivity index is 0.999. The fourth-order valence-electron chi connectivity index (χ4n) is 11.0. The van der Waals surface area contributed by atoms with Crippen molar-refractivity contribution >= 4 is 43.9 Å². The van der Waals surface area contributed by atoms with E-state index in [2.05, 4.69) is 59.7 Å². The number of quaternary nitrogens is 1. The van der Waals surface area contributed by atoms with Crippen LogP contribution in [0.2, 0.25) is 0 Å².